The van der Waals surface area contributed by atoms with Gasteiger partial charge in [0.25, 0.3) is 0 Å². The summed E-state index contributed by atoms with van der Waals surface area (Å²) in [4.78, 5) is 14.9. The molecule has 0 atom stereocenters. The molecular weight excluding hydrogens is 379 g/mol. The number of alkyl halides is 3. The number of benzene rings is 1. The fourth-order valence-corrected chi connectivity index (χ4v) is 3.08. The molecular formula is C17H20F3N5O3. The average Bonchev–Trinajstić information content (AvgIpc) is 3.05. The highest BCUT2D eigenvalue weighted by Crippen LogP contribution is 2.41. The van der Waals surface area contributed by atoms with Gasteiger partial charge in [-0.15, -0.1) is 0 Å². The van der Waals surface area contributed by atoms with E-state index in [1.54, 1.807) is 24.1 Å². The lowest BCUT2D eigenvalue weighted by Gasteiger charge is -2.35. The number of aryl methyl sites for hydroxylation is 1. The van der Waals surface area contributed by atoms with E-state index in [2.05, 4.69) is 10.00 Å². The predicted molar refractivity (Wildman–Crippen MR) is 96.6 cm³/mol. The van der Waals surface area contributed by atoms with Crippen LogP contribution in [0.1, 0.15) is 0 Å². The van der Waals surface area contributed by atoms with Crippen LogP contribution in [0.25, 0.3) is 11.1 Å². The van der Waals surface area contributed by atoms with E-state index < -0.39 is 29.1 Å². The predicted octanol–water partition coefficient (Wildman–Crippen LogP) is 2.69. The second-order valence-corrected chi connectivity index (χ2v) is 6.69. The SMILES string of the molecule is CN1CCN(c2cc(OCC(F)(F)F)c([N+](=O)[O-])cc2-c2cnn(C)c2)CC1. The molecule has 0 amide bonds. The van der Waals surface area contributed by atoms with Crippen LogP contribution < -0.4 is 9.64 Å². The lowest BCUT2D eigenvalue weighted by Crippen LogP contribution is -2.44. The van der Waals surface area contributed by atoms with Crippen molar-refractivity contribution in [3.63, 3.8) is 0 Å². The molecule has 1 aliphatic rings. The number of anilines is 1. The van der Waals surface area contributed by atoms with Crippen LogP contribution in [0.4, 0.5) is 24.5 Å². The fourth-order valence-electron chi connectivity index (χ4n) is 3.08. The molecule has 0 unspecified atom stereocenters. The van der Waals surface area contributed by atoms with Gasteiger partial charge in [-0.1, -0.05) is 0 Å². The Morgan fingerprint density at radius 3 is 2.43 bits per heavy atom. The third-order valence-corrected chi connectivity index (χ3v) is 4.53. The molecule has 0 saturated carbocycles. The number of halogens is 3. The van der Waals surface area contributed by atoms with Crippen LogP contribution in [-0.2, 0) is 7.05 Å². The van der Waals surface area contributed by atoms with Crippen LogP contribution >= 0.6 is 0 Å². The number of aromatic nitrogens is 2. The van der Waals surface area contributed by atoms with Gasteiger partial charge in [-0.25, -0.2) is 0 Å². The zero-order chi connectivity index (χ0) is 20.5. The van der Waals surface area contributed by atoms with Gasteiger partial charge in [-0.3, -0.25) is 14.8 Å². The van der Waals surface area contributed by atoms with Gasteiger partial charge < -0.3 is 14.5 Å². The maximum absolute atomic E-state index is 12.6. The normalized spacial score (nSPS) is 15.7. The lowest BCUT2D eigenvalue weighted by atomic mass is 10.0. The Kier molecular flexibility index (Phi) is 5.45. The van der Waals surface area contributed by atoms with E-state index in [9.17, 15) is 23.3 Å². The third kappa shape index (κ3) is 4.53. The molecule has 0 spiro atoms. The van der Waals surface area contributed by atoms with Crippen LogP contribution in [0, 0.1) is 10.1 Å². The molecule has 1 fully saturated rings. The first-order valence-electron chi connectivity index (χ1n) is 8.58. The van der Waals surface area contributed by atoms with E-state index in [4.69, 9.17) is 4.74 Å². The minimum atomic E-state index is -4.59. The highest BCUT2D eigenvalue weighted by Gasteiger charge is 2.31. The van der Waals surface area contributed by atoms with Gasteiger partial charge in [0.1, 0.15) is 0 Å². The number of hydrogen-bond donors (Lipinski definition) is 0. The standard InChI is InChI=1S/C17H20F3N5O3/c1-22-3-5-24(6-4-22)14-8-16(28-11-17(18,19)20)15(25(26)27)7-13(14)12-9-21-23(2)10-12/h7-10H,3-6,11H2,1-2H3. The maximum atomic E-state index is 12.6. The topological polar surface area (TPSA) is 76.7 Å². The van der Waals surface area contributed by atoms with E-state index in [0.29, 0.717) is 29.9 Å². The number of likely N-dealkylation sites (N-methyl/N-ethyl adjacent to an activating group) is 1. The molecule has 2 heterocycles. The van der Waals surface area contributed by atoms with Crippen LogP contribution in [0.5, 0.6) is 5.75 Å². The quantitative estimate of drug-likeness (QED) is 0.568. The summed E-state index contributed by atoms with van der Waals surface area (Å²) in [6.45, 7) is 1.22. The van der Waals surface area contributed by atoms with Gasteiger partial charge in [0.05, 0.1) is 11.1 Å². The van der Waals surface area contributed by atoms with Crippen molar-refractivity contribution < 1.29 is 22.8 Å². The molecule has 1 aromatic carbocycles. The highest BCUT2D eigenvalue weighted by molar-refractivity contribution is 5.82. The third-order valence-electron chi connectivity index (χ3n) is 4.53. The van der Waals surface area contributed by atoms with Gasteiger partial charge in [0, 0.05) is 68.4 Å². The monoisotopic (exact) mass is 399 g/mol. The number of hydrogen-bond acceptors (Lipinski definition) is 6. The van der Waals surface area contributed by atoms with Crippen molar-refractivity contribution in [2.45, 2.75) is 6.18 Å². The van der Waals surface area contributed by atoms with Crippen molar-refractivity contribution in [2.24, 2.45) is 7.05 Å². The first kappa shape index (κ1) is 19.9. The lowest BCUT2D eigenvalue weighted by molar-refractivity contribution is -0.386. The van der Waals surface area contributed by atoms with Crippen molar-refractivity contribution in [3.05, 3.63) is 34.6 Å². The van der Waals surface area contributed by atoms with Gasteiger partial charge >= 0.3 is 11.9 Å². The van der Waals surface area contributed by atoms with Crippen LogP contribution in [0.15, 0.2) is 24.5 Å². The smallest absolute Gasteiger partial charge is 0.422 e. The molecule has 1 aromatic heterocycles. The minimum Gasteiger partial charge on any atom is -0.477 e. The van der Waals surface area contributed by atoms with Crippen LogP contribution in [-0.4, -0.2) is 65.6 Å². The fraction of sp³-hybridized carbons (Fsp3) is 0.471. The molecule has 3 rings (SSSR count). The molecule has 1 aliphatic heterocycles. The summed E-state index contributed by atoms with van der Waals surface area (Å²) in [7, 11) is 3.70. The van der Waals surface area contributed by atoms with Gasteiger partial charge in [0.2, 0.25) is 0 Å². The molecule has 0 bridgehead atoms. The van der Waals surface area contributed by atoms with Gasteiger partial charge in [-0.05, 0) is 7.05 Å². The Hall–Kier alpha value is -2.82. The Morgan fingerprint density at radius 1 is 1.21 bits per heavy atom. The second kappa shape index (κ2) is 7.66. The van der Waals surface area contributed by atoms with Crippen molar-refractivity contribution in [2.75, 3.05) is 44.7 Å². The minimum absolute atomic E-state index is 0.399. The van der Waals surface area contributed by atoms with E-state index in [1.807, 2.05) is 11.9 Å². The zero-order valence-corrected chi connectivity index (χ0v) is 15.4. The maximum Gasteiger partial charge on any atom is 0.422 e. The Morgan fingerprint density at radius 2 is 1.89 bits per heavy atom. The highest BCUT2D eigenvalue weighted by atomic mass is 19.4. The Labute approximate surface area is 159 Å². The van der Waals surface area contributed by atoms with Crippen LogP contribution in [0.3, 0.4) is 0 Å². The molecule has 0 aliphatic carbocycles. The summed E-state index contributed by atoms with van der Waals surface area (Å²) in [5.74, 6) is -0.399. The summed E-state index contributed by atoms with van der Waals surface area (Å²) >= 11 is 0. The van der Waals surface area contributed by atoms with Crippen molar-refractivity contribution >= 4 is 11.4 Å². The average molecular weight is 399 g/mol. The van der Waals surface area contributed by atoms with E-state index in [-0.39, 0.29) is 0 Å². The van der Waals surface area contributed by atoms with Crippen molar-refractivity contribution in [3.8, 4) is 16.9 Å². The van der Waals surface area contributed by atoms with Crippen LogP contribution in [0.2, 0.25) is 0 Å². The van der Waals surface area contributed by atoms with Crippen molar-refractivity contribution in [1.29, 1.82) is 0 Å². The largest absolute Gasteiger partial charge is 0.477 e. The van der Waals surface area contributed by atoms with Crippen molar-refractivity contribution in [1.82, 2.24) is 14.7 Å². The number of nitro benzene ring substituents is 1. The molecule has 1 saturated heterocycles. The molecule has 8 nitrogen and oxygen atoms in total. The number of nitro groups is 1. The number of nitrogens with zero attached hydrogens (tertiary/aromatic N) is 5. The number of ether oxygens (including phenoxy) is 1. The molecule has 0 N–H and O–H groups in total. The molecule has 2 aromatic rings. The summed E-state index contributed by atoms with van der Waals surface area (Å²) in [6.07, 6.45) is -1.33. The summed E-state index contributed by atoms with van der Waals surface area (Å²) < 4.78 is 44.1. The first-order valence-corrected chi connectivity index (χ1v) is 8.58. The Bertz CT molecular complexity index is 860. The molecule has 28 heavy (non-hydrogen) atoms. The summed E-state index contributed by atoms with van der Waals surface area (Å²) in [5.41, 5.74) is 1.25. The van der Waals surface area contributed by atoms with E-state index in [1.165, 1.54) is 12.1 Å². The van der Waals surface area contributed by atoms with Gasteiger partial charge in [-0.2, -0.15) is 18.3 Å². The first-order chi connectivity index (χ1) is 13.1. The summed E-state index contributed by atoms with van der Waals surface area (Å²) in [5, 5.41) is 15.6. The summed E-state index contributed by atoms with van der Waals surface area (Å²) in [6, 6.07) is 2.59. The molecule has 152 valence electrons. The van der Waals surface area contributed by atoms with Gasteiger partial charge in [0.15, 0.2) is 12.4 Å². The Balaban J connectivity index is 2.08. The second-order valence-electron chi connectivity index (χ2n) is 6.69. The molecule has 11 heteroatoms. The van der Waals surface area contributed by atoms with E-state index >= 15 is 0 Å². The zero-order valence-electron chi connectivity index (χ0n) is 15.4. The number of piperazine rings is 1. The van der Waals surface area contributed by atoms with E-state index in [0.717, 1.165) is 13.1 Å². The molecule has 0 radical (unpaired) electrons. The number of rotatable bonds is 5.